The van der Waals surface area contributed by atoms with E-state index in [4.69, 9.17) is 0 Å². The van der Waals surface area contributed by atoms with E-state index >= 15 is 0 Å². The molecule has 0 aliphatic heterocycles. The number of rotatable bonds is 1. The van der Waals surface area contributed by atoms with Crippen molar-refractivity contribution in [3.63, 3.8) is 0 Å². The molecule has 0 spiro atoms. The Labute approximate surface area is 196 Å². The van der Waals surface area contributed by atoms with Gasteiger partial charge in [-0.1, -0.05) is 60.7 Å². The quantitative estimate of drug-likeness (QED) is 0.255. The molecular formula is C30H20N4. The number of hydrogen-bond donors (Lipinski definition) is 0. The average Bonchev–Trinajstić information content (AvgIpc) is 2.93. The molecule has 4 heterocycles. The zero-order valence-electron chi connectivity index (χ0n) is 18.3. The number of aromatic nitrogens is 4. The molecule has 0 unspecified atom stereocenters. The maximum Gasteiger partial charge on any atom is 0.0894 e. The Balaban J connectivity index is 0.000000136. The summed E-state index contributed by atoms with van der Waals surface area (Å²) in [7, 11) is 0. The van der Waals surface area contributed by atoms with E-state index in [1.54, 1.807) is 6.20 Å². The molecule has 4 aromatic heterocycles. The molecule has 7 aromatic rings. The number of nitrogens with zero attached hydrogens (tertiary/aromatic N) is 4. The third-order valence-electron chi connectivity index (χ3n) is 5.81. The summed E-state index contributed by atoms with van der Waals surface area (Å²) in [6, 6.07) is 36.6. The van der Waals surface area contributed by atoms with Gasteiger partial charge in [-0.3, -0.25) is 9.97 Å². The van der Waals surface area contributed by atoms with Crippen LogP contribution in [0.3, 0.4) is 0 Å². The first-order valence-electron chi connectivity index (χ1n) is 11.2. The fourth-order valence-electron chi connectivity index (χ4n) is 4.11. The Morgan fingerprint density at radius 1 is 0.382 bits per heavy atom. The summed E-state index contributed by atoms with van der Waals surface area (Å²) >= 11 is 0. The van der Waals surface area contributed by atoms with Gasteiger partial charge in [0.1, 0.15) is 0 Å². The lowest BCUT2D eigenvalue weighted by Crippen LogP contribution is -1.89. The predicted octanol–water partition coefficient (Wildman–Crippen LogP) is 7.23. The van der Waals surface area contributed by atoms with Crippen LogP contribution in [0.5, 0.6) is 0 Å². The van der Waals surface area contributed by atoms with Gasteiger partial charge in [0, 0.05) is 33.9 Å². The lowest BCUT2D eigenvalue weighted by Gasteiger charge is -2.04. The zero-order valence-corrected chi connectivity index (χ0v) is 18.3. The molecule has 0 N–H and O–H groups in total. The molecular weight excluding hydrogens is 416 g/mol. The second kappa shape index (κ2) is 8.68. The second-order valence-electron chi connectivity index (χ2n) is 7.99. The number of pyridine rings is 4. The maximum absolute atomic E-state index is 4.69. The third kappa shape index (κ3) is 3.82. The monoisotopic (exact) mass is 436 g/mol. The van der Waals surface area contributed by atoms with Gasteiger partial charge in [0.05, 0.1) is 33.5 Å². The summed E-state index contributed by atoms with van der Waals surface area (Å²) in [5.41, 5.74) is 5.85. The molecule has 0 bridgehead atoms. The van der Waals surface area contributed by atoms with Crippen molar-refractivity contribution in [1.29, 1.82) is 0 Å². The van der Waals surface area contributed by atoms with Crippen LogP contribution in [0.2, 0.25) is 0 Å². The Morgan fingerprint density at radius 3 is 1.65 bits per heavy atom. The van der Waals surface area contributed by atoms with Gasteiger partial charge in [-0.05, 0) is 48.5 Å². The van der Waals surface area contributed by atoms with E-state index < -0.39 is 0 Å². The molecule has 0 saturated heterocycles. The van der Waals surface area contributed by atoms with Gasteiger partial charge in [-0.2, -0.15) is 0 Å². The Bertz CT molecular complexity index is 1640. The molecule has 0 aliphatic carbocycles. The standard InChI is InChI=1S/C18H12N2.C12H8N2/c1-3-7-15-13(5-1)9-11-17(19-15)18-12-10-14-6-2-4-8-16(14)20-18;1-3-9-5-6-11-10(4-2-7-13-11)12(9)14-8-1/h1-12H;1-8H. The highest BCUT2D eigenvalue weighted by atomic mass is 14.8. The zero-order chi connectivity index (χ0) is 22.7. The summed E-state index contributed by atoms with van der Waals surface area (Å²) in [6.45, 7) is 0. The molecule has 7 rings (SSSR count). The van der Waals surface area contributed by atoms with Gasteiger partial charge >= 0.3 is 0 Å². The molecule has 4 nitrogen and oxygen atoms in total. The fraction of sp³-hybridized carbons (Fsp3) is 0. The largest absolute Gasteiger partial charge is 0.256 e. The Hall–Kier alpha value is -4.70. The molecule has 0 aliphatic rings. The van der Waals surface area contributed by atoms with Crippen LogP contribution in [0.25, 0.3) is 55.0 Å². The lowest BCUT2D eigenvalue weighted by atomic mass is 10.1. The Morgan fingerprint density at radius 2 is 0.941 bits per heavy atom. The third-order valence-corrected chi connectivity index (χ3v) is 5.81. The van der Waals surface area contributed by atoms with Gasteiger partial charge < -0.3 is 0 Å². The van der Waals surface area contributed by atoms with Crippen molar-refractivity contribution >= 4 is 43.6 Å². The van der Waals surface area contributed by atoms with Crippen molar-refractivity contribution in [2.24, 2.45) is 0 Å². The topological polar surface area (TPSA) is 51.6 Å². The number of hydrogen-bond acceptors (Lipinski definition) is 4. The number of para-hydroxylation sites is 2. The van der Waals surface area contributed by atoms with E-state index in [1.165, 1.54) is 0 Å². The molecule has 3 aromatic carbocycles. The summed E-state index contributed by atoms with van der Waals surface area (Å²) in [6.07, 6.45) is 3.62. The number of fused-ring (bicyclic) bond motifs is 5. The minimum Gasteiger partial charge on any atom is -0.256 e. The first kappa shape index (κ1) is 19.9. The van der Waals surface area contributed by atoms with E-state index in [1.807, 2.05) is 72.9 Å². The van der Waals surface area contributed by atoms with Crippen LogP contribution >= 0.6 is 0 Å². The fourth-order valence-corrected chi connectivity index (χ4v) is 4.11. The molecule has 0 radical (unpaired) electrons. The first-order chi connectivity index (χ1) is 16.8. The van der Waals surface area contributed by atoms with Crippen LogP contribution in [0, 0.1) is 0 Å². The van der Waals surface area contributed by atoms with Crippen LogP contribution in [0.1, 0.15) is 0 Å². The summed E-state index contributed by atoms with van der Waals surface area (Å²) in [5, 5.41) is 4.58. The number of benzene rings is 3. The minimum atomic E-state index is 0.912. The molecule has 34 heavy (non-hydrogen) atoms. The van der Waals surface area contributed by atoms with Gasteiger partial charge in [-0.15, -0.1) is 0 Å². The van der Waals surface area contributed by atoms with E-state index in [-0.39, 0.29) is 0 Å². The molecule has 4 heteroatoms. The lowest BCUT2D eigenvalue weighted by molar-refractivity contribution is 1.32. The second-order valence-corrected chi connectivity index (χ2v) is 7.99. The van der Waals surface area contributed by atoms with Crippen molar-refractivity contribution in [2.45, 2.75) is 0 Å². The summed E-state index contributed by atoms with van der Waals surface area (Å²) in [4.78, 5) is 18.0. The highest BCUT2D eigenvalue weighted by molar-refractivity contribution is 6.03. The van der Waals surface area contributed by atoms with E-state index in [2.05, 4.69) is 62.4 Å². The van der Waals surface area contributed by atoms with Crippen molar-refractivity contribution in [3.05, 3.63) is 122 Å². The van der Waals surface area contributed by atoms with Crippen LogP contribution < -0.4 is 0 Å². The maximum atomic E-state index is 4.69. The summed E-state index contributed by atoms with van der Waals surface area (Å²) in [5.74, 6) is 0. The first-order valence-corrected chi connectivity index (χ1v) is 11.2. The van der Waals surface area contributed by atoms with E-state index in [9.17, 15) is 0 Å². The van der Waals surface area contributed by atoms with Crippen molar-refractivity contribution < 1.29 is 0 Å². The highest BCUT2D eigenvalue weighted by Gasteiger charge is 2.04. The van der Waals surface area contributed by atoms with Crippen LogP contribution in [0.4, 0.5) is 0 Å². The minimum absolute atomic E-state index is 0.912. The van der Waals surface area contributed by atoms with E-state index in [0.29, 0.717) is 0 Å². The normalized spacial score (nSPS) is 10.9. The summed E-state index contributed by atoms with van der Waals surface area (Å²) < 4.78 is 0. The van der Waals surface area contributed by atoms with Crippen LogP contribution in [-0.4, -0.2) is 19.9 Å². The van der Waals surface area contributed by atoms with Crippen molar-refractivity contribution in [3.8, 4) is 11.4 Å². The smallest absolute Gasteiger partial charge is 0.0894 e. The van der Waals surface area contributed by atoms with Gasteiger partial charge in [-0.25, -0.2) is 9.97 Å². The molecule has 160 valence electrons. The highest BCUT2D eigenvalue weighted by Crippen LogP contribution is 2.22. The molecule has 0 saturated carbocycles. The van der Waals surface area contributed by atoms with Crippen molar-refractivity contribution in [2.75, 3.05) is 0 Å². The molecule has 0 amide bonds. The van der Waals surface area contributed by atoms with Crippen molar-refractivity contribution in [1.82, 2.24) is 19.9 Å². The SMILES string of the molecule is c1ccc2nc(-c3ccc4ccccc4n3)ccc2c1.c1cnc2c(c1)ccc1ncccc12. The molecule has 0 fully saturated rings. The van der Waals surface area contributed by atoms with E-state index in [0.717, 1.165) is 55.0 Å². The van der Waals surface area contributed by atoms with Crippen LogP contribution in [0.15, 0.2) is 122 Å². The average molecular weight is 437 g/mol. The Kier molecular flexibility index (Phi) is 5.09. The van der Waals surface area contributed by atoms with Crippen LogP contribution in [-0.2, 0) is 0 Å². The van der Waals surface area contributed by atoms with Gasteiger partial charge in [0.25, 0.3) is 0 Å². The predicted molar refractivity (Wildman–Crippen MR) is 140 cm³/mol. The van der Waals surface area contributed by atoms with Gasteiger partial charge in [0.2, 0.25) is 0 Å². The molecule has 0 atom stereocenters. The van der Waals surface area contributed by atoms with Gasteiger partial charge in [0.15, 0.2) is 0 Å².